The third-order valence-corrected chi connectivity index (χ3v) is 4.32. The molecule has 0 saturated heterocycles. The van der Waals surface area contributed by atoms with Crippen LogP contribution in [0, 0.1) is 0 Å². The van der Waals surface area contributed by atoms with Crippen molar-refractivity contribution in [2.24, 2.45) is 0 Å². The van der Waals surface area contributed by atoms with Gasteiger partial charge in [-0.15, -0.1) is 0 Å². The predicted octanol–water partition coefficient (Wildman–Crippen LogP) is 4.29. The lowest BCUT2D eigenvalue weighted by Gasteiger charge is -2.33. The number of hydrogen-bond donors (Lipinski definition) is 0. The quantitative estimate of drug-likeness (QED) is 0.549. The molecule has 0 bridgehead atoms. The van der Waals surface area contributed by atoms with E-state index in [-0.39, 0.29) is 12.1 Å². The van der Waals surface area contributed by atoms with E-state index in [4.69, 9.17) is 13.0 Å². The van der Waals surface area contributed by atoms with Crippen molar-refractivity contribution in [3.63, 3.8) is 0 Å². The molecular weight excluding hydrogens is 258 g/mol. The maximum absolute atomic E-state index is 7.45. The molecule has 0 aromatic heterocycles. The van der Waals surface area contributed by atoms with E-state index in [9.17, 15) is 0 Å². The van der Waals surface area contributed by atoms with E-state index in [1.165, 1.54) is 18.4 Å². The molecule has 0 aliphatic heterocycles. The highest BCUT2D eigenvalue weighted by atomic mass is 16.5. The van der Waals surface area contributed by atoms with Crippen LogP contribution in [0.25, 0.3) is 0 Å². The second kappa shape index (κ2) is 8.55. The lowest BCUT2D eigenvalue weighted by Crippen LogP contribution is -2.35. The number of benzene rings is 1. The fourth-order valence-electron chi connectivity index (χ4n) is 3.22. The number of ether oxygens (including phenoxy) is 1. The van der Waals surface area contributed by atoms with E-state index in [2.05, 4.69) is 12.1 Å². The molecule has 1 aromatic carbocycles. The van der Waals surface area contributed by atoms with Gasteiger partial charge in [0.1, 0.15) is 0 Å². The van der Waals surface area contributed by atoms with Crippen LogP contribution in [0.2, 0.25) is 0 Å². The van der Waals surface area contributed by atoms with Crippen molar-refractivity contribution in [3.8, 4) is 0 Å². The second-order valence-electron chi connectivity index (χ2n) is 6.11. The van der Waals surface area contributed by atoms with Crippen LogP contribution in [0.4, 0.5) is 0 Å². The van der Waals surface area contributed by atoms with Gasteiger partial charge in [-0.25, -0.2) is 0 Å². The summed E-state index contributed by atoms with van der Waals surface area (Å²) in [6.07, 6.45) is 7.89. The van der Waals surface area contributed by atoms with Crippen molar-refractivity contribution in [3.05, 3.63) is 35.9 Å². The summed E-state index contributed by atoms with van der Waals surface area (Å²) >= 11 is 0. The second-order valence-corrected chi connectivity index (χ2v) is 6.11. The molecule has 0 atom stereocenters. The van der Waals surface area contributed by atoms with Gasteiger partial charge in [-0.2, -0.15) is 0 Å². The molecule has 0 amide bonds. The third kappa shape index (κ3) is 5.80. The number of rotatable bonds is 7. The zero-order valence-corrected chi connectivity index (χ0v) is 12.8. The fourth-order valence-corrected chi connectivity index (χ4v) is 3.22. The number of hydrogen-bond acceptors (Lipinski definition) is 2. The van der Waals surface area contributed by atoms with Gasteiger partial charge in [0.15, 0.2) is 0 Å². The molecule has 0 spiro atoms. The van der Waals surface area contributed by atoms with Crippen molar-refractivity contribution in [2.45, 2.75) is 57.0 Å². The molecule has 2 nitrogen and oxygen atoms in total. The van der Waals surface area contributed by atoms with Gasteiger partial charge in [0.25, 0.3) is 0 Å². The lowest BCUT2D eigenvalue weighted by atomic mass is 9.87. The Kier molecular flexibility index (Phi) is 4.08. The molecule has 0 radical (unpaired) electrons. The average Bonchev–Trinajstić information content (AvgIpc) is 2.79. The highest BCUT2D eigenvalue weighted by molar-refractivity contribution is 5.17. The van der Waals surface area contributed by atoms with Crippen LogP contribution < -0.4 is 0 Å². The standard InChI is InChI=1S/C19H31NO/c1-20(2)15-10-16-21-19(13-8-3-4-9-14-19)17-18-11-6-5-7-12-18/h5-7,11-12H,3-4,8-10,13-17H2,1-2H3/i1D3,2D3. The van der Waals surface area contributed by atoms with Gasteiger partial charge in [0, 0.05) is 21.3 Å². The predicted molar refractivity (Wildman–Crippen MR) is 89.7 cm³/mol. The maximum Gasteiger partial charge on any atom is 0.0722 e. The molecule has 2 rings (SSSR count). The molecule has 0 unspecified atom stereocenters. The molecule has 1 aliphatic rings. The summed E-state index contributed by atoms with van der Waals surface area (Å²) in [6, 6.07) is 10.3. The first-order chi connectivity index (χ1) is 12.6. The number of nitrogens with zero attached hydrogens (tertiary/aromatic N) is 1. The minimum atomic E-state index is -2.63. The Bertz CT molecular complexity index is 536. The minimum absolute atomic E-state index is 0.0333. The van der Waals surface area contributed by atoms with Gasteiger partial charge in [0.05, 0.1) is 5.60 Å². The molecular formula is C19H31NO. The van der Waals surface area contributed by atoms with Crippen LogP contribution in [0.15, 0.2) is 30.3 Å². The Labute approximate surface area is 138 Å². The molecule has 0 heterocycles. The van der Waals surface area contributed by atoms with E-state index < -0.39 is 14.0 Å². The van der Waals surface area contributed by atoms with Gasteiger partial charge >= 0.3 is 0 Å². The maximum atomic E-state index is 7.45. The van der Waals surface area contributed by atoms with E-state index in [0.29, 0.717) is 17.9 Å². The molecule has 21 heavy (non-hydrogen) atoms. The third-order valence-electron chi connectivity index (χ3n) is 4.32. The van der Waals surface area contributed by atoms with Crippen molar-refractivity contribution in [2.75, 3.05) is 27.1 Å². The minimum Gasteiger partial charge on any atom is -0.375 e. The van der Waals surface area contributed by atoms with Gasteiger partial charge in [-0.3, -0.25) is 0 Å². The zero-order chi connectivity index (χ0) is 20.0. The molecule has 2 heteroatoms. The monoisotopic (exact) mass is 295 g/mol. The smallest absolute Gasteiger partial charge is 0.0722 e. The Balaban J connectivity index is 1.97. The average molecular weight is 295 g/mol. The van der Waals surface area contributed by atoms with Gasteiger partial charge < -0.3 is 9.64 Å². The summed E-state index contributed by atoms with van der Waals surface area (Å²) in [6.45, 7) is -4.92. The summed E-state index contributed by atoms with van der Waals surface area (Å²) in [4.78, 5) is 0.611. The summed E-state index contributed by atoms with van der Waals surface area (Å²) < 4.78 is 51.0. The van der Waals surface area contributed by atoms with Crippen molar-refractivity contribution < 1.29 is 13.0 Å². The van der Waals surface area contributed by atoms with Crippen LogP contribution in [0.1, 0.15) is 58.7 Å². The van der Waals surface area contributed by atoms with Crippen molar-refractivity contribution >= 4 is 0 Å². The van der Waals surface area contributed by atoms with Crippen molar-refractivity contribution in [1.82, 2.24) is 4.90 Å². The van der Waals surface area contributed by atoms with Crippen LogP contribution in [0.5, 0.6) is 0 Å². The van der Waals surface area contributed by atoms with Gasteiger partial charge in [-0.1, -0.05) is 56.0 Å². The van der Waals surface area contributed by atoms with Gasteiger partial charge in [0.2, 0.25) is 0 Å². The summed E-state index contributed by atoms with van der Waals surface area (Å²) in [7, 11) is 0. The van der Waals surface area contributed by atoms with Crippen LogP contribution in [-0.4, -0.2) is 37.6 Å². The van der Waals surface area contributed by atoms with Crippen LogP contribution in [-0.2, 0) is 11.2 Å². The van der Waals surface area contributed by atoms with E-state index in [1.807, 2.05) is 18.2 Å². The van der Waals surface area contributed by atoms with E-state index >= 15 is 0 Å². The van der Waals surface area contributed by atoms with E-state index in [1.54, 1.807) is 0 Å². The first-order valence-corrected chi connectivity index (χ1v) is 8.08. The SMILES string of the molecule is [2H]C([2H])([2H])N(CCCOC1(Cc2ccccc2)CCCCCC1)C([2H])([2H])[2H]. The fraction of sp³-hybridized carbons (Fsp3) is 0.684. The topological polar surface area (TPSA) is 12.5 Å². The highest BCUT2D eigenvalue weighted by Crippen LogP contribution is 2.33. The summed E-state index contributed by atoms with van der Waals surface area (Å²) in [5.41, 5.74) is 1.01. The first kappa shape index (κ1) is 10.0. The van der Waals surface area contributed by atoms with Crippen LogP contribution >= 0.6 is 0 Å². The molecule has 0 N–H and O–H groups in total. The molecule has 118 valence electrons. The van der Waals surface area contributed by atoms with Crippen molar-refractivity contribution in [1.29, 1.82) is 0 Å². The molecule has 1 aliphatic carbocycles. The lowest BCUT2D eigenvalue weighted by molar-refractivity contribution is -0.0580. The largest absolute Gasteiger partial charge is 0.375 e. The Morgan fingerprint density at radius 2 is 1.81 bits per heavy atom. The Morgan fingerprint density at radius 1 is 1.10 bits per heavy atom. The summed E-state index contributed by atoms with van der Waals surface area (Å²) in [5, 5.41) is 0. The summed E-state index contributed by atoms with van der Waals surface area (Å²) in [5.74, 6) is 0. The molecule has 1 fully saturated rings. The Hall–Kier alpha value is -0.860. The highest BCUT2D eigenvalue weighted by Gasteiger charge is 2.31. The molecule has 1 aromatic rings. The normalized spacial score (nSPS) is 24.0. The first-order valence-electron chi connectivity index (χ1n) is 11.1. The van der Waals surface area contributed by atoms with Gasteiger partial charge in [-0.05, 0) is 45.3 Å². The Morgan fingerprint density at radius 3 is 2.48 bits per heavy atom. The van der Waals surface area contributed by atoms with E-state index in [0.717, 1.165) is 32.1 Å². The molecule has 1 saturated carbocycles. The zero-order valence-electron chi connectivity index (χ0n) is 18.8. The van der Waals surface area contributed by atoms with Crippen LogP contribution in [0.3, 0.4) is 0 Å².